The van der Waals surface area contributed by atoms with E-state index in [0.29, 0.717) is 23.3 Å². The molecule has 2 nitrogen and oxygen atoms in total. The van der Waals surface area contributed by atoms with Gasteiger partial charge in [-0.15, -0.1) is 0 Å². The van der Waals surface area contributed by atoms with Crippen molar-refractivity contribution in [1.82, 2.24) is 4.98 Å². The molecule has 0 bridgehead atoms. The van der Waals surface area contributed by atoms with Gasteiger partial charge in [-0.2, -0.15) is 0 Å². The second-order valence-electron chi connectivity index (χ2n) is 5.84. The summed E-state index contributed by atoms with van der Waals surface area (Å²) >= 11 is 6.16. The first kappa shape index (κ1) is 13.8. The first-order valence-corrected chi connectivity index (χ1v) is 7.21. The maximum Gasteiger partial charge on any atom is 0.0718 e. The van der Waals surface area contributed by atoms with Crippen molar-refractivity contribution in [3.05, 3.63) is 29.0 Å². The minimum absolute atomic E-state index is 0.371. The van der Waals surface area contributed by atoms with Gasteiger partial charge in [-0.25, -0.2) is 0 Å². The molecular formula is C15H22ClNO. The fraction of sp³-hybridized carbons (Fsp3) is 0.667. The van der Waals surface area contributed by atoms with Crippen molar-refractivity contribution in [2.45, 2.75) is 51.6 Å². The van der Waals surface area contributed by atoms with Crippen LogP contribution in [0.1, 0.15) is 45.1 Å². The van der Waals surface area contributed by atoms with Gasteiger partial charge in [0.2, 0.25) is 0 Å². The molecule has 2 atom stereocenters. The molecule has 1 N–H and O–H groups in total. The van der Waals surface area contributed by atoms with E-state index in [1.165, 1.54) is 6.42 Å². The van der Waals surface area contributed by atoms with E-state index in [2.05, 4.69) is 18.8 Å². The van der Waals surface area contributed by atoms with E-state index in [-0.39, 0.29) is 0 Å². The monoisotopic (exact) mass is 267 g/mol. The van der Waals surface area contributed by atoms with E-state index in [0.717, 1.165) is 24.8 Å². The highest BCUT2D eigenvalue weighted by Gasteiger charge is 2.40. The average Bonchev–Trinajstić information content (AvgIpc) is 2.32. The molecule has 100 valence electrons. The van der Waals surface area contributed by atoms with Crippen LogP contribution in [0.3, 0.4) is 0 Å². The second kappa shape index (κ2) is 5.58. The van der Waals surface area contributed by atoms with Crippen LogP contribution in [-0.2, 0) is 6.42 Å². The van der Waals surface area contributed by atoms with Gasteiger partial charge in [0.05, 0.1) is 10.6 Å². The zero-order valence-corrected chi connectivity index (χ0v) is 12.0. The van der Waals surface area contributed by atoms with Crippen molar-refractivity contribution in [2.75, 3.05) is 0 Å². The quantitative estimate of drug-likeness (QED) is 0.902. The maximum atomic E-state index is 11.0. The minimum atomic E-state index is -0.600. The van der Waals surface area contributed by atoms with Crippen LogP contribution in [0.2, 0.25) is 5.02 Å². The van der Waals surface area contributed by atoms with Crippen LogP contribution in [0, 0.1) is 11.8 Å². The van der Waals surface area contributed by atoms with Gasteiger partial charge >= 0.3 is 0 Å². The molecule has 1 fully saturated rings. The van der Waals surface area contributed by atoms with Crippen molar-refractivity contribution >= 4 is 11.6 Å². The SMILES string of the molecule is CC(C)C1CCCCC1(O)Cc1ccncc1Cl. The van der Waals surface area contributed by atoms with Crippen LogP contribution < -0.4 is 0 Å². The number of aromatic nitrogens is 1. The molecule has 2 rings (SSSR count). The molecule has 0 amide bonds. The smallest absolute Gasteiger partial charge is 0.0718 e. The van der Waals surface area contributed by atoms with Crippen LogP contribution in [-0.4, -0.2) is 15.7 Å². The molecule has 18 heavy (non-hydrogen) atoms. The van der Waals surface area contributed by atoms with Crippen molar-refractivity contribution in [3.63, 3.8) is 0 Å². The molecule has 1 aromatic heterocycles. The molecule has 1 aliphatic carbocycles. The van der Waals surface area contributed by atoms with Gasteiger partial charge in [-0.3, -0.25) is 4.98 Å². The number of hydrogen-bond donors (Lipinski definition) is 1. The largest absolute Gasteiger partial charge is 0.389 e. The molecular weight excluding hydrogens is 246 g/mol. The summed E-state index contributed by atoms with van der Waals surface area (Å²) in [7, 11) is 0. The minimum Gasteiger partial charge on any atom is -0.389 e. The van der Waals surface area contributed by atoms with Gasteiger partial charge in [0, 0.05) is 18.8 Å². The highest BCUT2D eigenvalue weighted by Crippen LogP contribution is 2.41. The summed E-state index contributed by atoms with van der Waals surface area (Å²) in [5.41, 5.74) is 0.416. The Bertz CT molecular complexity index is 407. The first-order chi connectivity index (χ1) is 8.53. The summed E-state index contributed by atoms with van der Waals surface area (Å²) in [5, 5.41) is 11.7. The molecule has 0 radical (unpaired) electrons. The summed E-state index contributed by atoms with van der Waals surface area (Å²) in [6.07, 6.45) is 8.41. The van der Waals surface area contributed by atoms with Crippen LogP contribution in [0.15, 0.2) is 18.5 Å². The van der Waals surface area contributed by atoms with Gasteiger partial charge in [-0.1, -0.05) is 38.3 Å². The summed E-state index contributed by atoms with van der Waals surface area (Å²) in [5.74, 6) is 0.881. The van der Waals surface area contributed by atoms with E-state index in [4.69, 9.17) is 11.6 Å². The Morgan fingerprint density at radius 1 is 1.50 bits per heavy atom. The van der Waals surface area contributed by atoms with E-state index < -0.39 is 5.60 Å². The average molecular weight is 268 g/mol. The molecule has 1 saturated carbocycles. The van der Waals surface area contributed by atoms with Gasteiger partial charge < -0.3 is 5.11 Å². The topological polar surface area (TPSA) is 33.1 Å². The van der Waals surface area contributed by atoms with Crippen LogP contribution in [0.5, 0.6) is 0 Å². The molecule has 1 aromatic rings. The van der Waals surface area contributed by atoms with Crippen LogP contribution in [0.25, 0.3) is 0 Å². The summed E-state index contributed by atoms with van der Waals surface area (Å²) < 4.78 is 0. The van der Waals surface area contributed by atoms with Crippen molar-refractivity contribution in [1.29, 1.82) is 0 Å². The summed E-state index contributed by atoms with van der Waals surface area (Å²) in [4.78, 5) is 4.00. The first-order valence-electron chi connectivity index (χ1n) is 6.84. The Hall–Kier alpha value is -0.600. The molecule has 0 spiro atoms. The molecule has 1 aliphatic rings. The molecule has 1 heterocycles. The third-order valence-electron chi connectivity index (χ3n) is 4.22. The van der Waals surface area contributed by atoms with E-state index in [1.807, 2.05) is 6.07 Å². The standard InChI is InChI=1S/C15H22ClNO/c1-11(2)13-5-3-4-7-15(13,18)9-12-6-8-17-10-14(12)16/h6,8,10-11,13,18H,3-5,7,9H2,1-2H3. The normalized spacial score (nSPS) is 28.6. The lowest BCUT2D eigenvalue weighted by Gasteiger charge is -2.42. The molecule has 0 saturated heterocycles. The Kier molecular flexibility index (Phi) is 4.29. The predicted molar refractivity (Wildman–Crippen MR) is 74.7 cm³/mol. The molecule has 3 heteroatoms. The zero-order valence-electron chi connectivity index (χ0n) is 11.2. The lowest BCUT2D eigenvalue weighted by molar-refractivity contribution is -0.0652. The number of rotatable bonds is 3. The number of aliphatic hydroxyl groups is 1. The number of pyridine rings is 1. The Morgan fingerprint density at radius 2 is 2.28 bits per heavy atom. The van der Waals surface area contributed by atoms with Gasteiger partial charge in [0.1, 0.15) is 0 Å². The van der Waals surface area contributed by atoms with Crippen LogP contribution >= 0.6 is 11.6 Å². The number of nitrogens with zero attached hydrogens (tertiary/aromatic N) is 1. The fourth-order valence-electron chi connectivity index (χ4n) is 3.30. The Balaban J connectivity index is 2.21. The predicted octanol–water partition coefficient (Wildman–Crippen LogP) is 3.85. The lowest BCUT2D eigenvalue weighted by Crippen LogP contribution is -2.45. The Morgan fingerprint density at radius 3 is 2.94 bits per heavy atom. The second-order valence-corrected chi connectivity index (χ2v) is 6.25. The highest BCUT2D eigenvalue weighted by molar-refractivity contribution is 6.31. The van der Waals surface area contributed by atoms with E-state index in [1.54, 1.807) is 12.4 Å². The lowest BCUT2D eigenvalue weighted by atomic mass is 9.68. The third kappa shape index (κ3) is 2.86. The summed E-state index contributed by atoms with van der Waals surface area (Å²) in [6.45, 7) is 4.41. The van der Waals surface area contributed by atoms with E-state index >= 15 is 0 Å². The van der Waals surface area contributed by atoms with Gasteiger partial charge in [-0.05, 0) is 36.3 Å². The Labute approximate surface area is 114 Å². The third-order valence-corrected chi connectivity index (χ3v) is 4.56. The fourth-order valence-corrected chi connectivity index (χ4v) is 3.49. The van der Waals surface area contributed by atoms with Gasteiger partial charge in [0.15, 0.2) is 0 Å². The van der Waals surface area contributed by atoms with Crippen molar-refractivity contribution in [3.8, 4) is 0 Å². The van der Waals surface area contributed by atoms with Crippen LogP contribution in [0.4, 0.5) is 0 Å². The van der Waals surface area contributed by atoms with Crippen molar-refractivity contribution in [2.24, 2.45) is 11.8 Å². The maximum absolute atomic E-state index is 11.0. The summed E-state index contributed by atoms with van der Waals surface area (Å²) in [6, 6.07) is 1.92. The molecule has 0 aliphatic heterocycles. The van der Waals surface area contributed by atoms with Crippen molar-refractivity contribution < 1.29 is 5.11 Å². The molecule has 2 unspecified atom stereocenters. The number of halogens is 1. The van der Waals surface area contributed by atoms with E-state index in [9.17, 15) is 5.11 Å². The number of hydrogen-bond acceptors (Lipinski definition) is 2. The molecule has 0 aromatic carbocycles. The zero-order chi connectivity index (χ0) is 13.2. The van der Waals surface area contributed by atoms with Gasteiger partial charge in [0.25, 0.3) is 0 Å². The highest BCUT2D eigenvalue weighted by atomic mass is 35.5.